The zero-order chi connectivity index (χ0) is 21.7. The number of carbonyl (C=O) groups excluding carboxylic acids is 1. The van der Waals surface area contributed by atoms with Crippen molar-refractivity contribution in [1.82, 2.24) is 10.6 Å². The number of hydrogen-bond acceptors (Lipinski definition) is 4. The van der Waals surface area contributed by atoms with Gasteiger partial charge in [-0.05, 0) is 45.0 Å². The van der Waals surface area contributed by atoms with Crippen molar-refractivity contribution < 1.29 is 14.8 Å². The van der Waals surface area contributed by atoms with Crippen LogP contribution in [0.3, 0.4) is 0 Å². The molecule has 0 aliphatic carbocycles. The Balaban J connectivity index is 2.20. The van der Waals surface area contributed by atoms with Gasteiger partial charge in [0.05, 0.1) is 5.94 Å². The highest BCUT2D eigenvalue weighted by atomic mass is 79.9. The number of benzene rings is 2. The van der Waals surface area contributed by atoms with E-state index in [0.717, 1.165) is 20.8 Å². The Hall–Kier alpha value is -1.83. The first kappa shape index (κ1) is 23.5. The van der Waals surface area contributed by atoms with Gasteiger partial charge in [-0.15, -0.1) is 0 Å². The quantitative estimate of drug-likeness (QED) is 0.429. The van der Waals surface area contributed by atoms with Gasteiger partial charge < -0.3 is 20.7 Å². The maximum atomic E-state index is 12.9. The molecule has 0 aliphatic rings. The van der Waals surface area contributed by atoms with Crippen molar-refractivity contribution in [2.24, 2.45) is 11.8 Å². The summed E-state index contributed by atoms with van der Waals surface area (Å²) in [5.41, 5.74) is 1.50. The lowest BCUT2D eigenvalue weighted by Gasteiger charge is -2.27. The summed E-state index contributed by atoms with van der Waals surface area (Å²) < 4.78 is 0.916. The smallest absolute Gasteiger partial charge is 0.426 e. The fourth-order valence-corrected chi connectivity index (χ4v) is 4.04. The van der Waals surface area contributed by atoms with E-state index in [1.165, 1.54) is 0 Å². The molecular weight excluding hydrogens is 431 g/mol. The van der Waals surface area contributed by atoms with Crippen LogP contribution in [0.2, 0.25) is 0 Å². The Morgan fingerprint density at radius 1 is 1.10 bits per heavy atom. The predicted octanol–water partition coefficient (Wildman–Crippen LogP) is 3.73. The topological polar surface area (TPSA) is 81.6 Å². The number of rotatable bonds is 9. The molecule has 0 saturated heterocycles. The Morgan fingerprint density at radius 3 is 2.34 bits per heavy atom. The maximum Gasteiger partial charge on any atom is 0.475 e. The van der Waals surface area contributed by atoms with Crippen molar-refractivity contribution >= 4 is 45.4 Å². The van der Waals surface area contributed by atoms with Gasteiger partial charge in [0.25, 0.3) is 0 Å². The van der Waals surface area contributed by atoms with E-state index in [4.69, 9.17) is 0 Å². The summed E-state index contributed by atoms with van der Waals surface area (Å²) in [4.78, 5) is 12.9. The molecule has 7 heteroatoms. The zero-order valence-corrected chi connectivity index (χ0v) is 19.0. The van der Waals surface area contributed by atoms with Crippen LogP contribution < -0.4 is 10.6 Å². The molecule has 1 amide bonds. The third kappa shape index (κ3) is 6.08. The van der Waals surface area contributed by atoms with Crippen molar-refractivity contribution in [3.8, 4) is 0 Å². The molecule has 4 N–H and O–H groups in total. The fourth-order valence-electron chi connectivity index (χ4n) is 3.30. The van der Waals surface area contributed by atoms with E-state index in [0.29, 0.717) is 12.1 Å². The van der Waals surface area contributed by atoms with Crippen LogP contribution in [0.15, 0.2) is 47.4 Å². The molecule has 0 spiro atoms. The van der Waals surface area contributed by atoms with Gasteiger partial charge in [-0.3, -0.25) is 4.79 Å². The molecule has 5 nitrogen and oxygen atoms in total. The van der Waals surface area contributed by atoms with Crippen LogP contribution >= 0.6 is 15.9 Å². The van der Waals surface area contributed by atoms with Gasteiger partial charge in [0.15, 0.2) is 0 Å². The van der Waals surface area contributed by atoms with Crippen molar-refractivity contribution in [1.29, 1.82) is 0 Å². The first-order chi connectivity index (χ1) is 13.6. The second-order valence-corrected chi connectivity index (χ2v) is 8.94. The van der Waals surface area contributed by atoms with Crippen LogP contribution in [0.5, 0.6) is 0 Å². The summed E-state index contributed by atoms with van der Waals surface area (Å²) in [6.07, 6.45) is 0.478. The maximum absolute atomic E-state index is 12.9. The molecule has 0 unspecified atom stereocenters. The molecule has 2 atom stereocenters. The molecule has 0 aromatic heterocycles. The van der Waals surface area contributed by atoms with Gasteiger partial charge in [-0.2, -0.15) is 0 Å². The number of fused-ring (bicyclic) bond motifs is 1. The van der Waals surface area contributed by atoms with E-state index < -0.39 is 19.1 Å². The van der Waals surface area contributed by atoms with Gasteiger partial charge in [0.1, 0.15) is 6.04 Å². The predicted molar refractivity (Wildman–Crippen MR) is 124 cm³/mol. The average molecular weight is 461 g/mol. The lowest BCUT2D eigenvalue weighted by atomic mass is 9.75. The second-order valence-electron chi connectivity index (χ2n) is 8.15. The third-order valence-electron chi connectivity index (χ3n) is 4.88. The largest absolute Gasteiger partial charge is 0.475 e. The molecule has 0 heterocycles. The Bertz CT molecular complexity index is 870. The van der Waals surface area contributed by atoms with E-state index in [2.05, 4.69) is 33.1 Å². The molecule has 0 aliphatic heterocycles. The van der Waals surface area contributed by atoms with E-state index in [1.54, 1.807) is 0 Å². The standard InChI is InChI=1S/C22H30BBrN2O3/c1-13(2)12-19(23(28)29)26-22(27)21(14(3)4)25-15(5)17-11-10-16-8-6-7-9-18(16)20(17)24/h6-11,13-14,19,21,25,28-29H,5,12H2,1-4H3,(H,26,27)/t19-,21-/m0/s1. The van der Waals surface area contributed by atoms with Gasteiger partial charge in [-0.25, -0.2) is 0 Å². The van der Waals surface area contributed by atoms with Crippen LogP contribution in [0, 0.1) is 11.8 Å². The molecule has 29 heavy (non-hydrogen) atoms. The summed E-state index contributed by atoms with van der Waals surface area (Å²) in [6.45, 7) is 12.0. The molecule has 0 fully saturated rings. The first-order valence-corrected chi connectivity index (χ1v) is 10.7. The molecular formula is C22H30BBrN2O3. The van der Waals surface area contributed by atoms with Crippen molar-refractivity contribution in [2.75, 3.05) is 0 Å². The first-order valence-electron chi connectivity index (χ1n) is 9.91. The Morgan fingerprint density at radius 2 is 1.76 bits per heavy atom. The highest BCUT2D eigenvalue weighted by Crippen LogP contribution is 2.31. The SMILES string of the molecule is C=C(N[C@H](C(=O)N[C@@H](CC(C)C)B(O)O)C(C)C)c1ccc2ccccc2c1Br. The van der Waals surface area contributed by atoms with Gasteiger partial charge in [0, 0.05) is 15.7 Å². The number of carbonyl (C=O) groups is 1. The lowest BCUT2D eigenvalue weighted by Crippen LogP contribution is -2.54. The van der Waals surface area contributed by atoms with Gasteiger partial charge in [0.2, 0.25) is 5.91 Å². The Kier molecular flexibility index (Phi) is 8.31. The fraction of sp³-hybridized carbons (Fsp3) is 0.409. The van der Waals surface area contributed by atoms with Gasteiger partial charge in [-0.1, -0.05) is 70.7 Å². The minimum atomic E-state index is -1.60. The number of halogens is 1. The highest BCUT2D eigenvalue weighted by Gasteiger charge is 2.30. The van der Waals surface area contributed by atoms with E-state index in [-0.39, 0.29) is 17.7 Å². The normalized spacial score (nSPS) is 13.4. The molecule has 156 valence electrons. The Labute approximate surface area is 181 Å². The number of nitrogens with one attached hydrogen (secondary N) is 2. The molecule has 0 bridgehead atoms. The van der Waals surface area contributed by atoms with Crippen LogP contribution in [0.1, 0.15) is 39.7 Å². The minimum Gasteiger partial charge on any atom is -0.426 e. The van der Waals surface area contributed by atoms with Crippen molar-refractivity contribution in [3.05, 3.63) is 53.0 Å². The number of hydrogen-bond donors (Lipinski definition) is 4. The molecule has 2 aromatic carbocycles. The summed E-state index contributed by atoms with van der Waals surface area (Å²) in [5.74, 6) is -0.805. The van der Waals surface area contributed by atoms with E-state index in [1.807, 2.05) is 64.1 Å². The molecule has 0 radical (unpaired) electrons. The summed E-state index contributed by atoms with van der Waals surface area (Å²) >= 11 is 3.67. The van der Waals surface area contributed by atoms with Crippen molar-refractivity contribution in [3.63, 3.8) is 0 Å². The highest BCUT2D eigenvalue weighted by molar-refractivity contribution is 9.10. The third-order valence-corrected chi connectivity index (χ3v) is 5.73. The average Bonchev–Trinajstić information content (AvgIpc) is 2.65. The minimum absolute atomic E-state index is 0.0264. The lowest BCUT2D eigenvalue weighted by molar-refractivity contribution is -0.124. The van der Waals surface area contributed by atoms with Crippen LogP contribution in [-0.2, 0) is 4.79 Å². The van der Waals surface area contributed by atoms with Crippen molar-refractivity contribution in [2.45, 2.75) is 46.1 Å². The summed E-state index contributed by atoms with van der Waals surface area (Å²) in [7, 11) is -1.60. The molecule has 2 rings (SSSR count). The van der Waals surface area contributed by atoms with Crippen LogP contribution in [0.4, 0.5) is 0 Å². The molecule has 0 saturated carbocycles. The molecule has 2 aromatic rings. The monoisotopic (exact) mass is 460 g/mol. The number of amides is 1. The van der Waals surface area contributed by atoms with Crippen LogP contribution in [0.25, 0.3) is 16.5 Å². The van der Waals surface area contributed by atoms with E-state index in [9.17, 15) is 14.8 Å². The second kappa shape index (κ2) is 10.3. The summed E-state index contributed by atoms with van der Waals surface area (Å²) in [6, 6.07) is 11.5. The van der Waals surface area contributed by atoms with E-state index >= 15 is 0 Å². The zero-order valence-electron chi connectivity index (χ0n) is 17.4. The summed E-state index contributed by atoms with van der Waals surface area (Å²) in [5, 5.41) is 27.4. The van der Waals surface area contributed by atoms with Crippen LogP contribution in [-0.4, -0.2) is 35.1 Å². The van der Waals surface area contributed by atoms with Gasteiger partial charge >= 0.3 is 7.12 Å².